The zero-order valence-electron chi connectivity index (χ0n) is 15.1. The molecular weight excluding hydrogens is 298 g/mol. The Labute approximate surface area is 145 Å². The Kier molecular flexibility index (Phi) is 6.80. The van der Waals surface area contributed by atoms with Gasteiger partial charge in [-0.3, -0.25) is 0 Å². The van der Waals surface area contributed by atoms with Gasteiger partial charge in [0.15, 0.2) is 0 Å². The molecule has 2 N–H and O–H groups in total. The third kappa shape index (κ3) is 4.35. The molecule has 3 nitrogen and oxygen atoms in total. The van der Waals surface area contributed by atoms with Crippen LogP contribution in [0, 0.1) is 0 Å². The summed E-state index contributed by atoms with van der Waals surface area (Å²) in [5.74, 6) is 0.163. The number of unbranched alkanes of at least 4 members (excludes halogenated alkanes) is 3. The summed E-state index contributed by atoms with van der Waals surface area (Å²) < 4.78 is 4.99. The lowest BCUT2D eigenvalue weighted by atomic mass is 10.0. The molecule has 24 heavy (non-hydrogen) atoms. The molecule has 2 rings (SSSR count). The molecule has 0 heterocycles. The first-order valence-electron chi connectivity index (χ1n) is 8.92. The van der Waals surface area contributed by atoms with E-state index in [1.54, 1.807) is 0 Å². The molecular formula is C21H29NO2. The number of ether oxygens (including phenoxy) is 1. The number of fused-ring (bicyclic) bond motifs is 1. The highest BCUT2D eigenvalue weighted by Crippen LogP contribution is 2.35. The van der Waals surface area contributed by atoms with Crippen molar-refractivity contribution >= 4 is 5.97 Å². The van der Waals surface area contributed by atoms with Crippen molar-refractivity contribution in [3.63, 3.8) is 0 Å². The minimum atomic E-state index is -0.254. The lowest BCUT2D eigenvalue weighted by Gasteiger charge is -2.05. The average molecular weight is 327 g/mol. The summed E-state index contributed by atoms with van der Waals surface area (Å²) in [4.78, 5) is 12.2. The van der Waals surface area contributed by atoms with Gasteiger partial charge in [-0.25, -0.2) is 4.79 Å². The van der Waals surface area contributed by atoms with Crippen molar-refractivity contribution in [3.05, 3.63) is 47.0 Å². The van der Waals surface area contributed by atoms with Gasteiger partial charge in [0, 0.05) is 0 Å². The Morgan fingerprint density at radius 3 is 2.50 bits per heavy atom. The summed E-state index contributed by atoms with van der Waals surface area (Å²) >= 11 is 0. The van der Waals surface area contributed by atoms with Crippen LogP contribution in [0.4, 0.5) is 0 Å². The number of hydrogen-bond donors (Lipinski definition) is 1. The Morgan fingerprint density at radius 2 is 1.83 bits per heavy atom. The van der Waals surface area contributed by atoms with Crippen molar-refractivity contribution in [2.45, 2.75) is 51.9 Å². The van der Waals surface area contributed by atoms with Crippen LogP contribution in [0.5, 0.6) is 0 Å². The van der Waals surface area contributed by atoms with E-state index in [9.17, 15) is 4.79 Å². The van der Waals surface area contributed by atoms with Gasteiger partial charge >= 0.3 is 5.97 Å². The van der Waals surface area contributed by atoms with E-state index in [1.165, 1.54) is 36.6 Å². The second-order valence-corrected chi connectivity index (χ2v) is 6.68. The number of esters is 1. The predicted octanol–water partition coefficient (Wildman–Crippen LogP) is 4.76. The van der Waals surface area contributed by atoms with Crippen LogP contribution in [0.15, 0.2) is 30.3 Å². The second-order valence-electron chi connectivity index (χ2n) is 6.68. The molecule has 2 aliphatic rings. The quantitative estimate of drug-likeness (QED) is 0.561. The van der Waals surface area contributed by atoms with Crippen LogP contribution in [-0.2, 0) is 11.2 Å². The van der Waals surface area contributed by atoms with Crippen LogP contribution >= 0.6 is 0 Å². The molecule has 0 aromatic heterocycles. The van der Waals surface area contributed by atoms with E-state index in [1.807, 2.05) is 6.07 Å². The summed E-state index contributed by atoms with van der Waals surface area (Å²) in [7, 11) is 1.44. The molecule has 0 fully saturated rings. The van der Waals surface area contributed by atoms with Crippen LogP contribution in [0.1, 0.15) is 66.9 Å². The number of carbonyl (C=O) groups is 1. The van der Waals surface area contributed by atoms with Crippen molar-refractivity contribution in [1.29, 1.82) is 0 Å². The zero-order chi connectivity index (χ0) is 17.5. The lowest BCUT2D eigenvalue weighted by Crippen LogP contribution is -2.00. The number of nitrogens with two attached hydrogens (primary N) is 1. The Balaban J connectivity index is 2.32. The van der Waals surface area contributed by atoms with E-state index in [0.29, 0.717) is 11.5 Å². The van der Waals surface area contributed by atoms with Gasteiger partial charge in [-0.15, -0.1) is 0 Å². The average Bonchev–Trinajstić information content (AvgIpc) is 2.76. The maximum absolute atomic E-state index is 12.2. The molecule has 0 unspecified atom stereocenters. The molecule has 0 saturated heterocycles. The monoisotopic (exact) mass is 327 g/mol. The van der Waals surface area contributed by atoms with Gasteiger partial charge in [-0.1, -0.05) is 51.0 Å². The van der Waals surface area contributed by atoms with Crippen molar-refractivity contribution in [2.75, 3.05) is 13.7 Å². The summed E-state index contributed by atoms with van der Waals surface area (Å²) in [6.07, 6.45) is 5.54. The number of methoxy groups -OCH3 is 1. The van der Waals surface area contributed by atoms with Gasteiger partial charge in [0.1, 0.15) is 0 Å². The van der Waals surface area contributed by atoms with E-state index in [0.717, 1.165) is 31.4 Å². The van der Waals surface area contributed by atoms with E-state index in [4.69, 9.17) is 10.5 Å². The Bertz CT molecular complexity index is 649. The minimum absolute atomic E-state index is 0.254. The highest BCUT2D eigenvalue weighted by Gasteiger charge is 2.20. The van der Waals surface area contributed by atoms with Crippen LogP contribution in [0.25, 0.3) is 11.1 Å². The van der Waals surface area contributed by atoms with Crippen molar-refractivity contribution in [1.82, 2.24) is 0 Å². The molecule has 0 aromatic rings. The predicted molar refractivity (Wildman–Crippen MR) is 99.7 cm³/mol. The SMILES string of the molecule is COC(=O)c1cc(CCCCCCN)c2cccc(C(C)C)cc1-2. The van der Waals surface area contributed by atoms with Crippen LogP contribution in [0.3, 0.4) is 0 Å². The number of aryl methyl sites for hydroxylation is 1. The third-order valence-electron chi connectivity index (χ3n) is 4.58. The van der Waals surface area contributed by atoms with Gasteiger partial charge in [0.2, 0.25) is 0 Å². The fraction of sp³-hybridized carbons (Fsp3) is 0.476. The third-order valence-corrected chi connectivity index (χ3v) is 4.58. The lowest BCUT2D eigenvalue weighted by molar-refractivity contribution is 0.0602. The largest absolute Gasteiger partial charge is 0.465 e. The van der Waals surface area contributed by atoms with Crippen molar-refractivity contribution < 1.29 is 9.53 Å². The van der Waals surface area contributed by atoms with Gasteiger partial charge < -0.3 is 10.5 Å². The highest BCUT2D eigenvalue weighted by molar-refractivity contribution is 6.00. The standard InChI is InChI=1S/C21H29NO2/c1-15(2)16-10-8-11-18-17(9-6-4-5-7-12-22)14-20(19(18)13-16)21(23)24-3/h8,10-11,13-15H,4-7,9,12,22H2,1-3H3. The molecule has 0 saturated carbocycles. The summed E-state index contributed by atoms with van der Waals surface area (Å²) in [6, 6.07) is 10.5. The molecule has 0 radical (unpaired) electrons. The van der Waals surface area contributed by atoms with E-state index < -0.39 is 0 Å². The first kappa shape index (κ1) is 18.5. The normalized spacial score (nSPS) is 11.2. The molecule has 0 aliphatic heterocycles. The molecule has 2 aliphatic carbocycles. The summed E-state index contributed by atoms with van der Waals surface area (Å²) in [6.45, 7) is 5.10. The molecule has 0 amide bonds. The second kappa shape index (κ2) is 8.84. The van der Waals surface area contributed by atoms with Crippen molar-refractivity contribution in [2.24, 2.45) is 5.73 Å². The molecule has 0 atom stereocenters. The number of rotatable bonds is 8. The zero-order valence-corrected chi connectivity index (χ0v) is 15.1. The van der Waals surface area contributed by atoms with Crippen LogP contribution < -0.4 is 5.73 Å². The van der Waals surface area contributed by atoms with E-state index >= 15 is 0 Å². The van der Waals surface area contributed by atoms with Gasteiger partial charge in [0.25, 0.3) is 0 Å². The Hall–Kier alpha value is -1.87. The molecule has 0 bridgehead atoms. The molecule has 3 heteroatoms. The number of carbonyl (C=O) groups excluding carboxylic acids is 1. The van der Waals surface area contributed by atoms with Crippen LogP contribution in [0.2, 0.25) is 0 Å². The molecule has 0 spiro atoms. The van der Waals surface area contributed by atoms with Gasteiger partial charge in [-0.05, 0) is 60.0 Å². The van der Waals surface area contributed by atoms with Crippen molar-refractivity contribution in [3.8, 4) is 11.1 Å². The molecule has 130 valence electrons. The first-order chi connectivity index (χ1) is 11.6. The van der Waals surface area contributed by atoms with Gasteiger partial charge in [-0.2, -0.15) is 0 Å². The number of hydrogen-bond acceptors (Lipinski definition) is 3. The summed E-state index contributed by atoms with van der Waals surface area (Å²) in [5.41, 5.74) is 10.9. The highest BCUT2D eigenvalue weighted by atomic mass is 16.5. The van der Waals surface area contributed by atoms with Gasteiger partial charge in [0.05, 0.1) is 12.7 Å². The minimum Gasteiger partial charge on any atom is -0.465 e. The van der Waals surface area contributed by atoms with E-state index in [-0.39, 0.29) is 5.97 Å². The maximum Gasteiger partial charge on any atom is 0.338 e. The maximum atomic E-state index is 12.2. The fourth-order valence-corrected chi connectivity index (χ4v) is 3.13. The first-order valence-corrected chi connectivity index (χ1v) is 8.92. The van der Waals surface area contributed by atoms with E-state index in [2.05, 4.69) is 38.1 Å². The topological polar surface area (TPSA) is 52.3 Å². The summed E-state index contributed by atoms with van der Waals surface area (Å²) in [5, 5.41) is 0. The molecule has 0 aromatic carbocycles. The fourth-order valence-electron chi connectivity index (χ4n) is 3.13. The Morgan fingerprint density at radius 1 is 1.08 bits per heavy atom. The smallest absolute Gasteiger partial charge is 0.338 e. The van der Waals surface area contributed by atoms with Crippen LogP contribution in [-0.4, -0.2) is 19.6 Å².